The molecule has 1 aliphatic carbocycles. The van der Waals surface area contributed by atoms with Gasteiger partial charge in [0.25, 0.3) is 31.7 Å². The van der Waals surface area contributed by atoms with Crippen molar-refractivity contribution in [3.63, 3.8) is 0 Å². The van der Waals surface area contributed by atoms with Crippen molar-refractivity contribution < 1.29 is 49.2 Å². The highest BCUT2D eigenvalue weighted by Gasteiger charge is 2.49. The third kappa shape index (κ3) is 13.6. The fraction of sp³-hybridized carbons (Fsp3) is 0.419. The lowest BCUT2D eigenvalue weighted by Crippen LogP contribution is -2.68. The topological polar surface area (TPSA) is 189 Å². The molecule has 2 bridgehead atoms. The smallest absolute Gasteiger partial charge is 0.380 e. The molecule has 7 aliphatic rings. The van der Waals surface area contributed by atoms with Gasteiger partial charge < -0.3 is 15.1 Å². The van der Waals surface area contributed by atoms with Crippen molar-refractivity contribution in [2.75, 3.05) is 68.3 Å². The number of anilines is 2. The molecule has 4 atom stereocenters. The van der Waals surface area contributed by atoms with E-state index >= 15 is 0 Å². The zero-order valence-corrected chi connectivity index (χ0v) is 52.3. The van der Waals surface area contributed by atoms with Crippen LogP contribution in [0.4, 0.5) is 24.5 Å². The van der Waals surface area contributed by atoms with Gasteiger partial charge in [0.15, 0.2) is 0 Å². The Bertz CT molecular complexity index is 3690. The fourth-order valence-electron chi connectivity index (χ4n) is 12.9. The molecule has 456 valence electrons. The number of allylic oxidation sites excluding steroid dienone is 1. The minimum absolute atomic E-state index is 0.0238. The van der Waals surface area contributed by atoms with Gasteiger partial charge in [-0.2, -0.15) is 13.2 Å². The number of imide groups is 1. The standard InChI is InChI=1S/C62H67BrClF3N8O8S3/c1-61(2)22-20-51(39-8-12-44(64)13-9-39)43(32-61)34-71-24-26-73(27-25-71)46-14-10-40(11-15-46)58(77)70-86(82,83)50-16-17-54(56(30-50)85(80,81)62(65,66)67)68-45(38-84-49-6-4-3-5-7-49)21-23-74-47-29-48(74)37-72(36-47)33-42-28-41-35-75(60(79)52(41)31-53(42)63)55-18-19-57(76)69-59(55)78/h3-17,28,30-31,45,47-48,55,68H,18-27,29,32-38H2,1-2H3,(H,70,77)(H,69,76,78)/t45-,47?,48?,55?/m1/s1. The number of carbonyl (C=O) groups is 4. The molecule has 6 aliphatic heterocycles. The van der Waals surface area contributed by atoms with Crippen LogP contribution in [0.5, 0.6) is 0 Å². The second-order valence-electron chi connectivity index (χ2n) is 24.0. The van der Waals surface area contributed by atoms with E-state index in [4.69, 9.17) is 11.6 Å². The lowest BCUT2D eigenvalue weighted by molar-refractivity contribution is -0.136. The Balaban J connectivity index is 0.730. The second-order valence-corrected chi connectivity index (χ2v) is 30.0. The van der Waals surface area contributed by atoms with Crippen molar-refractivity contribution in [1.29, 1.82) is 0 Å². The van der Waals surface area contributed by atoms with Crippen molar-refractivity contribution in [3.8, 4) is 0 Å². The second kappa shape index (κ2) is 25.0. The number of sulfonamides is 1. The van der Waals surface area contributed by atoms with Gasteiger partial charge in [-0.15, -0.1) is 11.8 Å². The summed E-state index contributed by atoms with van der Waals surface area (Å²) >= 11 is 11.3. The molecule has 0 aromatic heterocycles. The van der Waals surface area contributed by atoms with E-state index in [2.05, 4.69) is 72.1 Å². The summed E-state index contributed by atoms with van der Waals surface area (Å²) in [6.07, 6.45) is 4.86. The number of amides is 4. The first-order valence-electron chi connectivity index (χ1n) is 28.8. The van der Waals surface area contributed by atoms with Crippen molar-refractivity contribution in [2.24, 2.45) is 5.41 Å². The summed E-state index contributed by atoms with van der Waals surface area (Å²) in [7, 11) is -11.1. The molecule has 12 rings (SSSR count). The van der Waals surface area contributed by atoms with Crippen molar-refractivity contribution >= 4 is 99.7 Å². The van der Waals surface area contributed by atoms with Crippen LogP contribution in [0.15, 0.2) is 134 Å². The molecule has 0 radical (unpaired) electrons. The van der Waals surface area contributed by atoms with Gasteiger partial charge >= 0.3 is 5.51 Å². The third-order valence-corrected chi connectivity index (χ3v) is 22.5. The molecule has 5 saturated heterocycles. The van der Waals surface area contributed by atoms with E-state index in [1.54, 1.807) is 18.2 Å². The normalized spacial score (nSPS) is 21.7. The summed E-state index contributed by atoms with van der Waals surface area (Å²) in [6, 6.07) is 29.0. The predicted molar refractivity (Wildman–Crippen MR) is 329 cm³/mol. The van der Waals surface area contributed by atoms with Crippen LogP contribution in [0.2, 0.25) is 5.02 Å². The predicted octanol–water partition coefficient (Wildman–Crippen LogP) is 9.98. The molecule has 5 aromatic rings. The number of hydrogen-bond acceptors (Lipinski definition) is 14. The maximum atomic E-state index is 14.6. The molecule has 0 saturated carbocycles. The SMILES string of the molecule is CC1(C)CCC(c2ccc(Cl)cc2)=C(CN2CCN(c3ccc(C(=O)NS(=O)(=O)c4ccc(N[C@H](CCN5C6CC5CN(Cc5cc7c(cc5Br)C(=O)N(C5CCC(=O)NC5=O)C7)C6)CSc5ccccc5)c(S(=O)(=O)C(F)(F)F)c4)cc3)CC2)C1. The van der Waals surface area contributed by atoms with Gasteiger partial charge in [0.1, 0.15) is 10.9 Å². The maximum absolute atomic E-state index is 14.6. The van der Waals surface area contributed by atoms with Gasteiger partial charge in [-0.1, -0.05) is 83.3 Å². The van der Waals surface area contributed by atoms with Crippen LogP contribution in [0.3, 0.4) is 0 Å². The Morgan fingerprint density at radius 1 is 0.860 bits per heavy atom. The minimum Gasteiger partial charge on any atom is -0.380 e. The average Bonchev–Trinajstić information content (AvgIpc) is 3.96. The lowest BCUT2D eigenvalue weighted by Gasteiger charge is -2.57. The molecule has 3 N–H and O–H groups in total. The van der Waals surface area contributed by atoms with Gasteiger partial charge in [-0.05, 0) is 139 Å². The first kappa shape index (κ1) is 61.8. The maximum Gasteiger partial charge on any atom is 0.501 e. The highest BCUT2D eigenvalue weighted by molar-refractivity contribution is 9.10. The van der Waals surface area contributed by atoms with Crippen molar-refractivity contribution in [2.45, 2.75) is 116 Å². The van der Waals surface area contributed by atoms with Gasteiger partial charge in [-0.25, -0.2) is 21.6 Å². The quantitative estimate of drug-likeness (QED) is 0.0523. The zero-order chi connectivity index (χ0) is 60.9. The molecule has 16 nitrogen and oxygen atoms in total. The number of thioether (sulfide) groups is 1. The summed E-state index contributed by atoms with van der Waals surface area (Å²) in [6.45, 7) is 11.3. The molecule has 24 heteroatoms. The summed E-state index contributed by atoms with van der Waals surface area (Å²) < 4.78 is 101. The van der Waals surface area contributed by atoms with E-state index in [0.29, 0.717) is 68.1 Å². The number of sulfone groups is 1. The van der Waals surface area contributed by atoms with Crippen molar-refractivity contribution in [3.05, 3.63) is 152 Å². The number of nitrogens with one attached hydrogen (secondary N) is 3. The van der Waals surface area contributed by atoms with E-state index in [-0.39, 0.29) is 54.3 Å². The van der Waals surface area contributed by atoms with E-state index < -0.39 is 64.7 Å². The van der Waals surface area contributed by atoms with Crippen molar-refractivity contribution in [1.82, 2.24) is 29.6 Å². The van der Waals surface area contributed by atoms with E-state index in [0.717, 1.165) is 83.6 Å². The van der Waals surface area contributed by atoms with Crippen LogP contribution >= 0.6 is 39.3 Å². The van der Waals surface area contributed by atoms with Gasteiger partial charge in [0.05, 0.1) is 10.6 Å². The van der Waals surface area contributed by atoms with Gasteiger partial charge in [0.2, 0.25) is 11.8 Å². The Kier molecular flexibility index (Phi) is 18.0. The highest BCUT2D eigenvalue weighted by atomic mass is 79.9. The number of piperidine rings is 2. The number of piperazine rings is 2. The van der Waals surface area contributed by atoms with E-state index in [1.807, 2.05) is 53.3 Å². The number of benzene rings is 5. The molecule has 3 unspecified atom stereocenters. The largest absolute Gasteiger partial charge is 0.501 e. The molecule has 6 heterocycles. The molecule has 5 aromatic carbocycles. The number of halogens is 5. The van der Waals surface area contributed by atoms with Crippen LogP contribution in [0.25, 0.3) is 5.57 Å². The van der Waals surface area contributed by atoms with Crippen LogP contribution in [-0.4, -0.2) is 148 Å². The summed E-state index contributed by atoms with van der Waals surface area (Å²) in [5.74, 6) is -1.82. The highest BCUT2D eigenvalue weighted by Crippen LogP contribution is 2.44. The summed E-state index contributed by atoms with van der Waals surface area (Å²) in [5.41, 5.74) is 1.09. The van der Waals surface area contributed by atoms with Gasteiger partial charge in [0, 0.05) is 127 Å². The Hall–Kier alpha value is -5.79. The number of hydrogen-bond donors (Lipinski definition) is 3. The number of alkyl halides is 3. The molecular formula is C62H67BrClF3N8O8S3. The Labute approximate surface area is 517 Å². The molecule has 4 amide bonds. The Morgan fingerprint density at radius 2 is 1.57 bits per heavy atom. The van der Waals surface area contributed by atoms with Crippen LogP contribution in [-0.2, 0) is 42.5 Å². The number of nitrogens with zero attached hydrogens (tertiary/aromatic N) is 5. The van der Waals surface area contributed by atoms with Crippen LogP contribution < -0.4 is 20.3 Å². The summed E-state index contributed by atoms with van der Waals surface area (Å²) in [4.78, 5) is 61.0. The van der Waals surface area contributed by atoms with Crippen LogP contribution in [0.1, 0.15) is 96.2 Å². The molecule has 86 heavy (non-hydrogen) atoms. The number of fused-ring (bicyclic) bond motifs is 3. The third-order valence-electron chi connectivity index (χ3n) is 17.5. The summed E-state index contributed by atoms with van der Waals surface area (Å²) in [5, 5.41) is 6.12. The zero-order valence-electron chi connectivity index (χ0n) is 47.5. The van der Waals surface area contributed by atoms with E-state index in [1.165, 1.54) is 45.5 Å². The molecular weight excluding hydrogens is 1250 g/mol. The average molecular weight is 1320 g/mol. The monoisotopic (exact) mass is 1320 g/mol. The molecule has 0 spiro atoms. The minimum atomic E-state index is -6.15. The molecule has 5 fully saturated rings. The number of carbonyl (C=O) groups excluding carboxylic acids is 4. The fourth-order valence-corrected chi connectivity index (χ4v) is 16.5. The van der Waals surface area contributed by atoms with Crippen LogP contribution in [0, 0.1) is 5.41 Å². The lowest BCUT2D eigenvalue weighted by atomic mass is 9.73. The Morgan fingerprint density at radius 3 is 2.26 bits per heavy atom. The number of rotatable bonds is 19. The first-order chi connectivity index (χ1) is 40.9. The van der Waals surface area contributed by atoms with Gasteiger partial charge in [-0.3, -0.25) is 39.2 Å². The van der Waals surface area contributed by atoms with E-state index in [9.17, 15) is 49.2 Å². The first-order valence-corrected chi connectivity index (χ1v) is 34.0.